The van der Waals surface area contributed by atoms with Gasteiger partial charge in [0.2, 0.25) is 0 Å². The Kier molecular flexibility index (Phi) is 7.59. The van der Waals surface area contributed by atoms with Crippen LogP contribution in [0.25, 0.3) is 0 Å². The average molecular weight is 369 g/mol. The fourth-order valence-electron chi connectivity index (χ4n) is 2.40. The molecule has 0 heterocycles. The Morgan fingerprint density at radius 2 is 1.64 bits per heavy atom. The molecule has 5 heteroatoms. The molecule has 0 aromatic heterocycles. The smallest absolute Gasteiger partial charge is 0.312 e. The third-order valence-corrected chi connectivity index (χ3v) is 3.91. The lowest BCUT2D eigenvalue weighted by atomic mass is 10.1. The lowest BCUT2D eigenvalue weighted by Crippen LogP contribution is -2.49. The highest BCUT2D eigenvalue weighted by Gasteiger charge is 2.25. The maximum Gasteiger partial charge on any atom is 0.312 e. The first-order valence-electron chi connectivity index (χ1n) is 7.68. The van der Waals surface area contributed by atoms with Gasteiger partial charge in [0.15, 0.2) is 0 Å². The van der Waals surface area contributed by atoms with Crippen LogP contribution in [0.5, 0.6) is 0 Å². The molecule has 0 spiro atoms. The van der Waals surface area contributed by atoms with Crippen LogP contribution in [-0.2, 0) is 16.0 Å². The van der Waals surface area contributed by atoms with Gasteiger partial charge in [-0.25, -0.2) is 0 Å². The van der Waals surface area contributed by atoms with Crippen LogP contribution >= 0.6 is 15.9 Å². The monoisotopic (exact) mass is 368 g/mol. The number of halogens is 1. The van der Waals surface area contributed by atoms with E-state index in [0.29, 0.717) is 6.54 Å². The van der Waals surface area contributed by atoms with Crippen molar-refractivity contribution in [1.29, 1.82) is 0 Å². The summed E-state index contributed by atoms with van der Waals surface area (Å²) in [6.07, 6.45) is 1.68. The number of carbonyl (C=O) groups excluding carboxylic acids is 2. The van der Waals surface area contributed by atoms with Gasteiger partial charge in [0.05, 0.1) is 0 Å². The molecule has 0 saturated heterocycles. The van der Waals surface area contributed by atoms with Crippen molar-refractivity contribution in [2.24, 2.45) is 0 Å². The number of amides is 2. The highest BCUT2D eigenvalue weighted by atomic mass is 79.9. The van der Waals surface area contributed by atoms with E-state index in [2.05, 4.69) is 33.4 Å². The van der Waals surface area contributed by atoms with E-state index in [1.165, 1.54) is 5.56 Å². The van der Waals surface area contributed by atoms with Crippen LogP contribution in [0, 0.1) is 0 Å². The summed E-state index contributed by atoms with van der Waals surface area (Å²) in [4.78, 5) is 25.7. The maximum atomic E-state index is 12.1. The summed E-state index contributed by atoms with van der Waals surface area (Å²) in [5, 5.41) is 2.71. The molecule has 0 atom stereocenters. The fraction of sp³-hybridized carbons (Fsp3) is 0.529. The van der Waals surface area contributed by atoms with Crippen LogP contribution in [0.15, 0.2) is 28.7 Å². The molecule has 122 valence electrons. The van der Waals surface area contributed by atoms with E-state index in [4.69, 9.17) is 0 Å². The fourth-order valence-corrected chi connectivity index (χ4v) is 2.67. The summed E-state index contributed by atoms with van der Waals surface area (Å²) in [5.41, 5.74) is 1.22. The summed E-state index contributed by atoms with van der Waals surface area (Å²) in [5.74, 6) is -0.966. The summed E-state index contributed by atoms with van der Waals surface area (Å²) < 4.78 is 1.05. The van der Waals surface area contributed by atoms with Gasteiger partial charge in [-0.05, 0) is 58.2 Å². The number of hydrogen-bond acceptors (Lipinski definition) is 2. The van der Waals surface area contributed by atoms with Gasteiger partial charge in [0, 0.05) is 23.1 Å². The van der Waals surface area contributed by atoms with Crippen LogP contribution in [0.4, 0.5) is 0 Å². The quantitative estimate of drug-likeness (QED) is 0.619. The Labute approximate surface area is 141 Å². The van der Waals surface area contributed by atoms with Crippen LogP contribution in [0.1, 0.15) is 39.7 Å². The van der Waals surface area contributed by atoms with Gasteiger partial charge in [-0.3, -0.25) is 9.59 Å². The number of rotatable bonds is 6. The number of hydrogen-bond donors (Lipinski definition) is 1. The van der Waals surface area contributed by atoms with Crippen LogP contribution < -0.4 is 5.32 Å². The van der Waals surface area contributed by atoms with Crippen molar-refractivity contribution in [3.05, 3.63) is 34.3 Å². The number of aryl methyl sites for hydroxylation is 1. The zero-order chi connectivity index (χ0) is 16.7. The number of benzene rings is 1. The maximum absolute atomic E-state index is 12.1. The molecule has 1 aromatic rings. The molecule has 0 aliphatic carbocycles. The predicted molar refractivity (Wildman–Crippen MR) is 92.6 cm³/mol. The van der Waals surface area contributed by atoms with Crippen molar-refractivity contribution in [2.75, 3.05) is 6.54 Å². The summed E-state index contributed by atoms with van der Waals surface area (Å²) in [6.45, 7) is 8.17. The second-order valence-electron chi connectivity index (χ2n) is 5.89. The third kappa shape index (κ3) is 5.79. The highest BCUT2D eigenvalue weighted by Crippen LogP contribution is 2.11. The third-order valence-electron chi connectivity index (χ3n) is 3.38. The molecule has 0 unspecified atom stereocenters. The zero-order valence-corrected chi connectivity index (χ0v) is 15.3. The second-order valence-corrected chi connectivity index (χ2v) is 6.80. The SMILES string of the molecule is CC(C)N(C(=O)C(=O)NCCCc1ccc(Br)cc1)C(C)C. The molecule has 1 aromatic carbocycles. The van der Waals surface area contributed by atoms with E-state index in [-0.39, 0.29) is 12.1 Å². The second kappa shape index (κ2) is 8.93. The van der Waals surface area contributed by atoms with Crippen molar-refractivity contribution >= 4 is 27.7 Å². The highest BCUT2D eigenvalue weighted by molar-refractivity contribution is 9.10. The van der Waals surface area contributed by atoms with Crippen LogP contribution in [0.2, 0.25) is 0 Å². The lowest BCUT2D eigenvalue weighted by molar-refractivity contribution is -0.148. The molecule has 4 nitrogen and oxygen atoms in total. The van der Waals surface area contributed by atoms with Gasteiger partial charge in [-0.2, -0.15) is 0 Å². The van der Waals surface area contributed by atoms with Crippen molar-refractivity contribution < 1.29 is 9.59 Å². The molecule has 0 radical (unpaired) electrons. The Morgan fingerprint density at radius 1 is 1.09 bits per heavy atom. The summed E-state index contributed by atoms with van der Waals surface area (Å²) in [7, 11) is 0. The average Bonchev–Trinajstić information content (AvgIpc) is 2.44. The molecular formula is C17H25BrN2O2. The minimum absolute atomic E-state index is 0.0148. The molecule has 2 amide bonds. The summed E-state index contributed by atoms with van der Waals surface area (Å²) >= 11 is 3.40. The van der Waals surface area contributed by atoms with Crippen molar-refractivity contribution in [3.63, 3.8) is 0 Å². The first kappa shape index (κ1) is 18.7. The summed E-state index contributed by atoms with van der Waals surface area (Å²) in [6, 6.07) is 8.13. The first-order valence-corrected chi connectivity index (χ1v) is 8.47. The van der Waals surface area contributed by atoms with Gasteiger partial charge < -0.3 is 10.2 Å². The van der Waals surface area contributed by atoms with Gasteiger partial charge in [0.25, 0.3) is 0 Å². The first-order chi connectivity index (χ1) is 10.3. The van der Waals surface area contributed by atoms with Crippen molar-refractivity contribution in [2.45, 2.75) is 52.6 Å². The molecular weight excluding hydrogens is 344 g/mol. The predicted octanol–water partition coefficient (Wildman–Crippen LogP) is 3.14. The minimum Gasteiger partial charge on any atom is -0.348 e. The van der Waals surface area contributed by atoms with Crippen molar-refractivity contribution in [1.82, 2.24) is 10.2 Å². The van der Waals surface area contributed by atoms with E-state index in [9.17, 15) is 9.59 Å². The molecule has 1 N–H and O–H groups in total. The molecule has 0 fully saturated rings. The Balaban J connectivity index is 2.39. The van der Waals surface area contributed by atoms with E-state index in [1.54, 1.807) is 4.90 Å². The van der Waals surface area contributed by atoms with Gasteiger partial charge in [0.1, 0.15) is 0 Å². The molecule has 0 aliphatic rings. The molecule has 1 rings (SSSR count). The van der Waals surface area contributed by atoms with Gasteiger partial charge >= 0.3 is 11.8 Å². The normalized spacial score (nSPS) is 10.9. The number of nitrogens with zero attached hydrogens (tertiary/aromatic N) is 1. The Hall–Kier alpha value is -1.36. The van der Waals surface area contributed by atoms with E-state index < -0.39 is 11.8 Å². The minimum atomic E-state index is -0.516. The van der Waals surface area contributed by atoms with Gasteiger partial charge in [-0.1, -0.05) is 28.1 Å². The van der Waals surface area contributed by atoms with Gasteiger partial charge in [-0.15, -0.1) is 0 Å². The lowest BCUT2D eigenvalue weighted by Gasteiger charge is -2.29. The molecule has 0 saturated carbocycles. The Bertz CT molecular complexity index is 490. The zero-order valence-electron chi connectivity index (χ0n) is 13.7. The van der Waals surface area contributed by atoms with Crippen molar-refractivity contribution in [3.8, 4) is 0 Å². The number of carbonyl (C=O) groups is 2. The molecule has 22 heavy (non-hydrogen) atoms. The Morgan fingerprint density at radius 3 is 2.14 bits per heavy atom. The standard InChI is InChI=1S/C17H25BrN2O2/c1-12(2)20(13(3)4)17(22)16(21)19-11-5-6-14-7-9-15(18)10-8-14/h7-10,12-13H,5-6,11H2,1-4H3,(H,19,21). The van der Waals surface area contributed by atoms with E-state index in [1.807, 2.05) is 39.8 Å². The topological polar surface area (TPSA) is 49.4 Å². The molecule has 0 aliphatic heterocycles. The van der Waals surface area contributed by atoms with Crippen LogP contribution in [-0.4, -0.2) is 35.3 Å². The molecule has 0 bridgehead atoms. The number of nitrogens with one attached hydrogen (secondary N) is 1. The van der Waals surface area contributed by atoms with E-state index in [0.717, 1.165) is 17.3 Å². The van der Waals surface area contributed by atoms with Crippen LogP contribution in [0.3, 0.4) is 0 Å². The largest absolute Gasteiger partial charge is 0.348 e. The van der Waals surface area contributed by atoms with E-state index >= 15 is 0 Å².